The minimum absolute atomic E-state index is 0.0451. The fourth-order valence-corrected chi connectivity index (χ4v) is 3.10. The van der Waals surface area contributed by atoms with Crippen molar-refractivity contribution in [1.29, 1.82) is 0 Å². The summed E-state index contributed by atoms with van der Waals surface area (Å²) in [5, 5.41) is 13.4. The van der Waals surface area contributed by atoms with Gasteiger partial charge in [-0.15, -0.1) is 0 Å². The molecule has 1 fully saturated rings. The highest BCUT2D eigenvalue weighted by Crippen LogP contribution is 2.20. The molecule has 1 unspecified atom stereocenters. The van der Waals surface area contributed by atoms with E-state index in [0.29, 0.717) is 6.54 Å². The molecule has 1 amide bonds. The summed E-state index contributed by atoms with van der Waals surface area (Å²) >= 11 is 0. The molecule has 4 nitrogen and oxygen atoms in total. The Morgan fingerprint density at radius 3 is 2.38 bits per heavy atom. The van der Waals surface area contributed by atoms with E-state index in [-0.39, 0.29) is 11.9 Å². The summed E-state index contributed by atoms with van der Waals surface area (Å²) in [6.07, 6.45) is 1.47. The Bertz CT molecular complexity index is 473. The number of aryl methyl sites for hydroxylation is 2. The summed E-state index contributed by atoms with van der Waals surface area (Å²) in [4.78, 5) is 13.3. The molecule has 1 atom stereocenters. The van der Waals surface area contributed by atoms with E-state index in [0.717, 1.165) is 31.5 Å². The molecular weight excluding hydrogens is 264 g/mol. The number of rotatable bonds is 4. The molecule has 1 aromatic rings. The average molecular weight is 290 g/mol. The second kappa shape index (κ2) is 7.05. The van der Waals surface area contributed by atoms with Crippen LogP contribution >= 0.6 is 0 Å². The van der Waals surface area contributed by atoms with E-state index in [4.69, 9.17) is 0 Å². The summed E-state index contributed by atoms with van der Waals surface area (Å²) in [5.74, 6) is 0.0451. The number of benzene rings is 1. The minimum atomic E-state index is -0.444. The molecule has 0 saturated carbocycles. The standard InChI is InChI=1S/C17H26N2O2/c1-12-8-13(2)10-15(9-12)17(21)11-19-6-4-16(5-7-19)18-14(3)20/h8-10,16-17,21H,4-7,11H2,1-3H3,(H,18,20). The molecule has 1 aromatic carbocycles. The molecule has 2 N–H and O–H groups in total. The number of likely N-dealkylation sites (tertiary alicyclic amines) is 1. The van der Waals surface area contributed by atoms with Crippen molar-refractivity contribution in [2.24, 2.45) is 0 Å². The molecule has 0 aromatic heterocycles. The van der Waals surface area contributed by atoms with Gasteiger partial charge in [0.05, 0.1) is 6.10 Å². The first kappa shape index (κ1) is 16.0. The lowest BCUT2D eigenvalue weighted by Crippen LogP contribution is -2.45. The zero-order valence-corrected chi connectivity index (χ0v) is 13.2. The highest BCUT2D eigenvalue weighted by atomic mass is 16.3. The fourth-order valence-electron chi connectivity index (χ4n) is 3.10. The van der Waals surface area contributed by atoms with Gasteiger partial charge in [-0.2, -0.15) is 0 Å². The summed E-state index contributed by atoms with van der Waals surface area (Å²) in [7, 11) is 0. The van der Waals surface area contributed by atoms with Gasteiger partial charge in [-0.05, 0) is 32.3 Å². The van der Waals surface area contributed by atoms with E-state index in [2.05, 4.69) is 42.3 Å². The van der Waals surface area contributed by atoms with Crippen LogP contribution in [0.3, 0.4) is 0 Å². The van der Waals surface area contributed by atoms with Crippen molar-refractivity contribution in [3.63, 3.8) is 0 Å². The monoisotopic (exact) mass is 290 g/mol. The Morgan fingerprint density at radius 1 is 1.29 bits per heavy atom. The number of carbonyl (C=O) groups is 1. The zero-order valence-electron chi connectivity index (χ0n) is 13.2. The number of piperidine rings is 1. The van der Waals surface area contributed by atoms with Gasteiger partial charge < -0.3 is 15.3 Å². The third kappa shape index (κ3) is 4.83. The normalized spacial score (nSPS) is 18.5. The van der Waals surface area contributed by atoms with E-state index in [1.165, 1.54) is 11.1 Å². The van der Waals surface area contributed by atoms with Gasteiger partial charge in [-0.1, -0.05) is 29.3 Å². The van der Waals surface area contributed by atoms with Crippen LogP contribution in [0.1, 0.15) is 42.6 Å². The summed E-state index contributed by atoms with van der Waals surface area (Å²) in [6.45, 7) is 8.19. The van der Waals surface area contributed by atoms with Gasteiger partial charge in [0.2, 0.25) is 5.91 Å². The maximum absolute atomic E-state index is 11.1. The number of aliphatic hydroxyl groups is 1. The third-order valence-electron chi connectivity index (χ3n) is 4.05. The Labute approximate surface area is 127 Å². The summed E-state index contributed by atoms with van der Waals surface area (Å²) in [6, 6.07) is 6.52. The maximum Gasteiger partial charge on any atom is 0.217 e. The number of aliphatic hydroxyl groups excluding tert-OH is 1. The van der Waals surface area contributed by atoms with Crippen molar-refractivity contribution in [2.45, 2.75) is 45.8 Å². The van der Waals surface area contributed by atoms with Crippen molar-refractivity contribution in [3.8, 4) is 0 Å². The lowest BCUT2D eigenvalue weighted by atomic mass is 10.0. The number of nitrogens with zero attached hydrogens (tertiary/aromatic N) is 1. The second-order valence-corrected chi connectivity index (χ2v) is 6.21. The third-order valence-corrected chi connectivity index (χ3v) is 4.05. The topological polar surface area (TPSA) is 52.6 Å². The molecule has 0 bridgehead atoms. The maximum atomic E-state index is 11.1. The van der Waals surface area contributed by atoms with Crippen LogP contribution in [-0.4, -0.2) is 41.6 Å². The summed E-state index contributed by atoms with van der Waals surface area (Å²) < 4.78 is 0. The number of β-amino-alcohol motifs (C(OH)–C–C–N with tert-alkyl or cyclic N) is 1. The Balaban J connectivity index is 1.86. The van der Waals surface area contributed by atoms with Crippen LogP contribution < -0.4 is 5.32 Å². The largest absolute Gasteiger partial charge is 0.387 e. The molecular formula is C17H26N2O2. The van der Waals surface area contributed by atoms with E-state index in [9.17, 15) is 9.90 Å². The van der Waals surface area contributed by atoms with Crippen molar-refractivity contribution in [2.75, 3.05) is 19.6 Å². The van der Waals surface area contributed by atoms with Gasteiger partial charge in [-0.25, -0.2) is 0 Å². The first-order chi connectivity index (χ1) is 9.94. The molecule has 1 aliphatic rings. The lowest BCUT2D eigenvalue weighted by Gasteiger charge is -2.33. The first-order valence-corrected chi connectivity index (χ1v) is 7.70. The smallest absolute Gasteiger partial charge is 0.217 e. The van der Waals surface area contributed by atoms with Crippen LogP contribution in [-0.2, 0) is 4.79 Å². The van der Waals surface area contributed by atoms with E-state index < -0.39 is 6.10 Å². The number of amides is 1. The molecule has 4 heteroatoms. The van der Waals surface area contributed by atoms with Gasteiger partial charge in [0.15, 0.2) is 0 Å². The van der Waals surface area contributed by atoms with Crippen LogP contribution in [0, 0.1) is 13.8 Å². The Morgan fingerprint density at radius 2 is 1.86 bits per heavy atom. The SMILES string of the molecule is CC(=O)NC1CCN(CC(O)c2cc(C)cc(C)c2)CC1. The molecule has 2 rings (SSSR count). The van der Waals surface area contributed by atoms with Crippen molar-refractivity contribution < 1.29 is 9.90 Å². The van der Waals surface area contributed by atoms with E-state index in [1.54, 1.807) is 6.92 Å². The fraction of sp³-hybridized carbons (Fsp3) is 0.588. The van der Waals surface area contributed by atoms with Crippen molar-refractivity contribution in [1.82, 2.24) is 10.2 Å². The van der Waals surface area contributed by atoms with E-state index in [1.807, 2.05) is 0 Å². The second-order valence-electron chi connectivity index (χ2n) is 6.21. The molecule has 1 aliphatic heterocycles. The number of nitrogens with one attached hydrogen (secondary N) is 1. The van der Waals surface area contributed by atoms with Gasteiger partial charge in [0.25, 0.3) is 0 Å². The van der Waals surface area contributed by atoms with Gasteiger partial charge in [0.1, 0.15) is 0 Å². The molecule has 116 valence electrons. The van der Waals surface area contributed by atoms with Gasteiger partial charge in [0, 0.05) is 32.6 Å². The number of carbonyl (C=O) groups excluding carboxylic acids is 1. The number of hydrogen-bond acceptors (Lipinski definition) is 3. The zero-order chi connectivity index (χ0) is 15.4. The highest BCUT2D eigenvalue weighted by molar-refractivity contribution is 5.73. The van der Waals surface area contributed by atoms with Crippen LogP contribution in [0.15, 0.2) is 18.2 Å². The average Bonchev–Trinajstić information content (AvgIpc) is 2.39. The molecule has 1 saturated heterocycles. The van der Waals surface area contributed by atoms with E-state index >= 15 is 0 Å². The minimum Gasteiger partial charge on any atom is -0.387 e. The molecule has 1 heterocycles. The lowest BCUT2D eigenvalue weighted by molar-refractivity contribution is -0.120. The Hall–Kier alpha value is -1.39. The van der Waals surface area contributed by atoms with Crippen molar-refractivity contribution >= 4 is 5.91 Å². The van der Waals surface area contributed by atoms with Crippen LogP contribution in [0.5, 0.6) is 0 Å². The van der Waals surface area contributed by atoms with Gasteiger partial charge >= 0.3 is 0 Å². The quantitative estimate of drug-likeness (QED) is 0.891. The van der Waals surface area contributed by atoms with Crippen molar-refractivity contribution in [3.05, 3.63) is 34.9 Å². The highest BCUT2D eigenvalue weighted by Gasteiger charge is 2.22. The molecule has 0 aliphatic carbocycles. The summed E-state index contributed by atoms with van der Waals surface area (Å²) in [5.41, 5.74) is 3.37. The van der Waals surface area contributed by atoms with Crippen LogP contribution in [0.2, 0.25) is 0 Å². The molecule has 0 spiro atoms. The predicted octanol–water partition coefficient (Wildman–Crippen LogP) is 1.94. The molecule has 0 radical (unpaired) electrons. The van der Waals surface area contributed by atoms with Crippen LogP contribution in [0.25, 0.3) is 0 Å². The number of hydrogen-bond donors (Lipinski definition) is 2. The van der Waals surface area contributed by atoms with Gasteiger partial charge in [-0.3, -0.25) is 4.79 Å². The van der Waals surface area contributed by atoms with Crippen LogP contribution in [0.4, 0.5) is 0 Å². The Kier molecular flexibility index (Phi) is 5.37. The first-order valence-electron chi connectivity index (χ1n) is 7.70. The molecule has 21 heavy (non-hydrogen) atoms. The predicted molar refractivity (Wildman–Crippen MR) is 84.2 cm³/mol.